The molecule has 0 saturated carbocycles. The average Bonchev–Trinajstić information content (AvgIpc) is 2.88. The fourth-order valence-corrected chi connectivity index (χ4v) is 3.34. The van der Waals surface area contributed by atoms with Crippen LogP contribution in [0, 0.1) is 5.82 Å². The topological polar surface area (TPSA) is 42.0 Å². The molecule has 1 N–H and O–H groups in total. The molecular weight excluding hydrogens is 307 g/mol. The second-order valence-corrected chi connectivity index (χ2v) is 6.36. The van der Waals surface area contributed by atoms with Crippen molar-refractivity contribution < 1.29 is 9.18 Å². The van der Waals surface area contributed by atoms with Crippen LogP contribution in [-0.2, 0) is 4.79 Å². The van der Waals surface area contributed by atoms with Gasteiger partial charge in [-0.3, -0.25) is 4.79 Å². The Morgan fingerprint density at radius 2 is 1.95 bits per heavy atom. The van der Waals surface area contributed by atoms with E-state index in [4.69, 9.17) is 0 Å². The maximum Gasteiger partial charge on any atom is 0.236 e. The van der Waals surface area contributed by atoms with Crippen LogP contribution in [0.1, 0.15) is 0 Å². The Balaban J connectivity index is 1.59. The van der Waals surface area contributed by atoms with Crippen LogP contribution in [0.25, 0.3) is 10.2 Å². The molecule has 0 aliphatic heterocycles. The molecule has 3 aromatic rings. The summed E-state index contributed by atoms with van der Waals surface area (Å²) in [5.74, 6) is -0.136. The first-order chi connectivity index (χ1) is 10.2. The number of fused-ring (bicyclic) bond motifs is 1. The highest BCUT2D eigenvalue weighted by Crippen LogP contribution is 2.26. The van der Waals surface area contributed by atoms with E-state index >= 15 is 0 Å². The Morgan fingerprint density at radius 1 is 1.19 bits per heavy atom. The number of aromatic nitrogens is 1. The molecule has 2 aromatic carbocycles. The minimum atomic E-state index is -0.279. The van der Waals surface area contributed by atoms with Gasteiger partial charge in [-0.05, 0) is 36.4 Å². The molecule has 1 aromatic heterocycles. The van der Waals surface area contributed by atoms with Crippen molar-refractivity contribution in [1.82, 2.24) is 4.98 Å². The van der Waals surface area contributed by atoms with Crippen molar-refractivity contribution >= 4 is 44.4 Å². The minimum Gasteiger partial charge on any atom is -0.301 e. The van der Waals surface area contributed by atoms with Crippen molar-refractivity contribution in [1.29, 1.82) is 0 Å². The first kappa shape index (κ1) is 14.0. The Bertz CT molecular complexity index is 738. The van der Waals surface area contributed by atoms with Gasteiger partial charge in [-0.1, -0.05) is 23.5 Å². The largest absolute Gasteiger partial charge is 0.301 e. The number of amides is 1. The number of halogens is 1. The van der Waals surface area contributed by atoms with Crippen molar-refractivity contribution in [2.24, 2.45) is 0 Å². The van der Waals surface area contributed by atoms with E-state index in [-0.39, 0.29) is 17.5 Å². The normalized spacial score (nSPS) is 10.7. The quantitative estimate of drug-likeness (QED) is 0.734. The zero-order valence-corrected chi connectivity index (χ0v) is 12.5. The molecule has 21 heavy (non-hydrogen) atoms. The van der Waals surface area contributed by atoms with Crippen LogP contribution in [-0.4, -0.2) is 16.6 Å². The molecule has 106 valence electrons. The van der Waals surface area contributed by atoms with Gasteiger partial charge in [-0.15, -0.1) is 11.8 Å². The van der Waals surface area contributed by atoms with Crippen molar-refractivity contribution in [2.45, 2.75) is 4.90 Å². The van der Waals surface area contributed by atoms with Crippen LogP contribution < -0.4 is 5.32 Å². The molecule has 1 heterocycles. The molecule has 3 nitrogen and oxygen atoms in total. The number of hydrogen-bond acceptors (Lipinski definition) is 4. The molecule has 0 unspecified atom stereocenters. The lowest BCUT2D eigenvalue weighted by molar-refractivity contribution is -0.113. The Morgan fingerprint density at radius 3 is 2.71 bits per heavy atom. The highest BCUT2D eigenvalue weighted by atomic mass is 32.2. The lowest BCUT2D eigenvalue weighted by Crippen LogP contribution is -2.13. The van der Waals surface area contributed by atoms with Crippen molar-refractivity contribution in [3.63, 3.8) is 0 Å². The number of hydrogen-bond donors (Lipinski definition) is 1. The predicted molar refractivity (Wildman–Crippen MR) is 85.4 cm³/mol. The summed E-state index contributed by atoms with van der Waals surface area (Å²) in [7, 11) is 0. The van der Waals surface area contributed by atoms with Gasteiger partial charge in [-0.2, -0.15) is 0 Å². The number of nitrogens with one attached hydrogen (secondary N) is 1. The van der Waals surface area contributed by atoms with Crippen LogP contribution in [0.5, 0.6) is 0 Å². The second-order valence-electron chi connectivity index (χ2n) is 4.28. The number of carbonyl (C=O) groups is 1. The summed E-state index contributed by atoms with van der Waals surface area (Å²) in [4.78, 5) is 17.1. The summed E-state index contributed by atoms with van der Waals surface area (Å²) in [5.41, 5.74) is 0.879. The van der Waals surface area contributed by atoms with E-state index in [1.165, 1.54) is 35.2 Å². The molecule has 1 amide bonds. The van der Waals surface area contributed by atoms with Crippen molar-refractivity contribution in [2.75, 3.05) is 11.1 Å². The SMILES string of the molecule is O=C(CSc1ccc(F)cc1)Nc1nc2ccccc2s1. The number of anilines is 1. The van der Waals surface area contributed by atoms with Crippen LogP contribution in [0.3, 0.4) is 0 Å². The molecular formula is C15H11FN2OS2. The molecule has 0 atom stereocenters. The monoisotopic (exact) mass is 318 g/mol. The Labute approximate surface area is 129 Å². The van der Waals surface area contributed by atoms with Gasteiger partial charge in [0.25, 0.3) is 0 Å². The molecule has 0 spiro atoms. The second kappa shape index (κ2) is 6.24. The van der Waals surface area contributed by atoms with Crippen LogP contribution in [0.15, 0.2) is 53.4 Å². The number of nitrogens with zero attached hydrogens (tertiary/aromatic N) is 1. The molecule has 0 aliphatic rings. The molecule has 0 aliphatic carbocycles. The van der Waals surface area contributed by atoms with Gasteiger partial charge in [0.05, 0.1) is 16.0 Å². The average molecular weight is 318 g/mol. The summed E-state index contributed by atoms with van der Waals surface area (Å²) < 4.78 is 13.8. The van der Waals surface area contributed by atoms with Crippen LogP contribution in [0.4, 0.5) is 9.52 Å². The number of thioether (sulfide) groups is 1. The smallest absolute Gasteiger partial charge is 0.236 e. The minimum absolute atomic E-state index is 0.122. The van der Waals surface area contributed by atoms with Gasteiger partial charge < -0.3 is 5.32 Å². The fraction of sp³-hybridized carbons (Fsp3) is 0.0667. The number of carbonyl (C=O) groups excluding carboxylic acids is 1. The van der Waals surface area contributed by atoms with Crippen LogP contribution >= 0.6 is 23.1 Å². The predicted octanol–water partition coefficient (Wildman–Crippen LogP) is 4.17. The molecule has 0 fully saturated rings. The molecule has 0 radical (unpaired) electrons. The van der Waals surface area contributed by atoms with Gasteiger partial charge >= 0.3 is 0 Å². The Hall–Kier alpha value is -1.92. The molecule has 3 rings (SSSR count). The number of benzene rings is 2. The fourth-order valence-electron chi connectivity index (χ4n) is 1.76. The molecule has 6 heteroatoms. The third-order valence-corrected chi connectivity index (χ3v) is 4.69. The van der Waals surface area contributed by atoms with E-state index in [2.05, 4.69) is 10.3 Å². The lowest BCUT2D eigenvalue weighted by atomic mass is 10.3. The zero-order chi connectivity index (χ0) is 14.7. The van der Waals surface area contributed by atoms with Crippen molar-refractivity contribution in [3.8, 4) is 0 Å². The van der Waals surface area contributed by atoms with E-state index in [0.29, 0.717) is 5.13 Å². The Kier molecular flexibility index (Phi) is 4.17. The van der Waals surface area contributed by atoms with Crippen LogP contribution in [0.2, 0.25) is 0 Å². The van der Waals surface area contributed by atoms with Crippen molar-refractivity contribution in [3.05, 3.63) is 54.3 Å². The summed E-state index contributed by atoms with van der Waals surface area (Å²) in [6, 6.07) is 13.8. The van der Waals surface area contributed by atoms with Gasteiger partial charge in [0, 0.05) is 4.90 Å². The first-order valence-electron chi connectivity index (χ1n) is 6.24. The summed E-state index contributed by atoms with van der Waals surface area (Å²) in [5, 5.41) is 3.38. The highest BCUT2D eigenvalue weighted by molar-refractivity contribution is 8.00. The summed E-state index contributed by atoms with van der Waals surface area (Å²) in [6.07, 6.45) is 0. The van der Waals surface area contributed by atoms with E-state index in [1.54, 1.807) is 12.1 Å². The zero-order valence-electron chi connectivity index (χ0n) is 10.9. The highest BCUT2D eigenvalue weighted by Gasteiger charge is 2.08. The van der Waals surface area contributed by atoms with Gasteiger partial charge in [0.2, 0.25) is 5.91 Å². The van der Waals surface area contributed by atoms with E-state index < -0.39 is 0 Å². The summed E-state index contributed by atoms with van der Waals surface area (Å²) in [6.45, 7) is 0. The molecule has 0 saturated heterocycles. The van der Waals surface area contributed by atoms with E-state index in [9.17, 15) is 9.18 Å². The maximum absolute atomic E-state index is 12.8. The third kappa shape index (κ3) is 3.59. The van der Waals surface area contributed by atoms with E-state index in [1.807, 2.05) is 24.3 Å². The van der Waals surface area contributed by atoms with Gasteiger partial charge in [0.1, 0.15) is 5.82 Å². The number of thiazole rings is 1. The van der Waals surface area contributed by atoms with Gasteiger partial charge in [0.15, 0.2) is 5.13 Å². The standard InChI is InChI=1S/C15H11FN2OS2/c16-10-5-7-11(8-6-10)20-9-14(19)18-15-17-12-3-1-2-4-13(12)21-15/h1-8H,9H2,(H,17,18,19). The summed E-state index contributed by atoms with van der Waals surface area (Å²) >= 11 is 2.81. The van der Waals surface area contributed by atoms with E-state index in [0.717, 1.165) is 15.1 Å². The van der Waals surface area contributed by atoms with Gasteiger partial charge in [-0.25, -0.2) is 9.37 Å². The first-order valence-corrected chi connectivity index (χ1v) is 8.05. The lowest BCUT2D eigenvalue weighted by Gasteiger charge is -2.01. The number of para-hydroxylation sites is 1. The molecule has 0 bridgehead atoms. The number of rotatable bonds is 4. The maximum atomic E-state index is 12.8. The third-order valence-electron chi connectivity index (χ3n) is 2.72.